The highest BCUT2D eigenvalue weighted by molar-refractivity contribution is 5.92. The first kappa shape index (κ1) is 21.7. The molecule has 0 aliphatic heterocycles. The summed E-state index contributed by atoms with van der Waals surface area (Å²) >= 11 is 0. The van der Waals surface area contributed by atoms with Gasteiger partial charge < -0.3 is 10.1 Å². The van der Waals surface area contributed by atoms with Crippen molar-refractivity contribution in [3.05, 3.63) is 83.3 Å². The number of aromatic nitrogens is 4. The highest BCUT2D eigenvalue weighted by Gasteiger charge is 2.23. The largest absolute Gasteiger partial charge is 0.481 e. The molecule has 1 aromatic carbocycles. The lowest BCUT2D eigenvalue weighted by Gasteiger charge is -2.21. The van der Waals surface area contributed by atoms with Crippen molar-refractivity contribution in [3.63, 3.8) is 0 Å². The number of hydrogen-bond donors (Lipinski definition) is 1. The van der Waals surface area contributed by atoms with Crippen LogP contribution in [0.5, 0.6) is 5.88 Å². The second-order valence-corrected chi connectivity index (χ2v) is 8.04. The molecule has 3 heterocycles. The Balaban J connectivity index is 1.31. The number of amides is 1. The number of hydrogen-bond acceptors (Lipinski definition) is 5. The summed E-state index contributed by atoms with van der Waals surface area (Å²) < 4.78 is 33.8. The number of benzene rings is 1. The van der Waals surface area contributed by atoms with E-state index in [4.69, 9.17) is 9.84 Å². The van der Waals surface area contributed by atoms with Crippen LogP contribution in [0.3, 0.4) is 0 Å². The van der Waals surface area contributed by atoms with Crippen LogP contribution in [0.2, 0.25) is 0 Å². The molecule has 3 aromatic heterocycles. The minimum atomic E-state index is -0.713. The van der Waals surface area contributed by atoms with Gasteiger partial charge in [-0.05, 0) is 55.2 Å². The molecule has 7 nitrogen and oxygen atoms in total. The van der Waals surface area contributed by atoms with Gasteiger partial charge in [0.25, 0.3) is 0 Å². The molecule has 0 bridgehead atoms. The predicted molar refractivity (Wildman–Crippen MR) is 123 cm³/mol. The minimum absolute atomic E-state index is 0.0761. The number of ether oxygens (including phenoxy) is 1. The molecule has 5 rings (SSSR count). The topological polar surface area (TPSA) is 81.9 Å². The first-order chi connectivity index (χ1) is 16.5. The Morgan fingerprint density at radius 2 is 2.12 bits per heavy atom. The maximum atomic E-state index is 13.8. The first-order valence-electron chi connectivity index (χ1n) is 10.8. The number of nitrogens with one attached hydrogen (secondary N) is 1. The molecule has 9 heteroatoms. The van der Waals surface area contributed by atoms with Crippen LogP contribution in [0.15, 0.2) is 54.9 Å². The van der Waals surface area contributed by atoms with Crippen molar-refractivity contribution in [2.75, 3.05) is 7.11 Å². The smallest absolute Gasteiger partial charge is 0.244 e. The lowest BCUT2D eigenvalue weighted by atomic mass is 9.93. The maximum absolute atomic E-state index is 13.8. The third-order valence-corrected chi connectivity index (χ3v) is 5.79. The molecule has 172 valence electrons. The fourth-order valence-electron chi connectivity index (χ4n) is 4.10. The van der Waals surface area contributed by atoms with Gasteiger partial charge in [0.1, 0.15) is 17.2 Å². The molecule has 0 radical (unpaired) electrons. The summed E-state index contributed by atoms with van der Waals surface area (Å²) in [4.78, 5) is 21.3. The van der Waals surface area contributed by atoms with E-state index in [-0.39, 0.29) is 17.5 Å². The number of carbonyl (C=O) groups excluding carboxylic acids is 1. The number of fused-ring (bicyclic) bond motifs is 2. The van der Waals surface area contributed by atoms with Gasteiger partial charge in [-0.1, -0.05) is 0 Å². The van der Waals surface area contributed by atoms with Crippen molar-refractivity contribution < 1.29 is 18.3 Å². The van der Waals surface area contributed by atoms with Crippen molar-refractivity contribution in [2.24, 2.45) is 0 Å². The summed E-state index contributed by atoms with van der Waals surface area (Å²) in [7, 11) is 1.57. The molecule has 0 fully saturated rings. The van der Waals surface area contributed by atoms with Crippen molar-refractivity contribution in [1.29, 1.82) is 0 Å². The van der Waals surface area contributed by atoms with Gasteiger partial charge in [-0.25, -0.2) is 18.4 Å². The second kappa shape index (κ2) is 9.01. The van der Waals surface area contributed by atoms with E-state index >= 15 is 0 Å². The van der Waals surface area contributed by atoms with Crippen molar-refractivity contribution in [1.82, 2.24) is 25.1 Å². The molecular formula is C25H21F2N5O2. The third-order valence-electron chi connectivity index (χ3n) is 5.79. The zero-order valence-corrected chi connectivity index (χ0v) is 18.3. The summed E-state index contributed by atoms with van der Waals surface area (Å²) in [6.07, 6.45) is 8.34. The van der Waals surface area contributed by atoms with E-state index in [9.17, 15) is 13.6 Å². The molecule has 34 heavy (non-hydrogen) atoms. The normalized spacial score (nSPS) is 15.4. The Bertz CT molecular complexity index is 1420. The number of carbonyl (C=O) groups is 1. The highest BCUT2D eigenvalue weighted by Crippen LogP contribution is 2.25. The molecule has 1 atom stereocenters. The van der Waals surface area contributed by atoms with Gasteiger partial charge in [-0.15, -0.1) is 0 Å². The number of rotatable bonds is 5. The molecule has 0 saturated heterocycles. The summed E-state index contributed by atoms with van der Waals surface area (Å²) in [5, 5.41) is 7.70. The predicted octanol–water partition coefficient (Wildman–Crippen LogP) is 3.79. The van der Waals surface area contributed by atoms with Crippen LogP contribution in [-0.2, 0) is 17.6 Å². The average molecular weight is 461 g/mol. The van der Waals surface area contributed by atoms with Crippen LogP contribution in [0.1, 0.15) is 23.2 Å². The Morgan fingerprint density at radius 3 is 2.94 bits per heavy atom. The van der Waals surface area contributed by atoms with Gasteiger partial charge in [0, 0.05) is 42.2 Å². The van der Waals surface area contributed by atoms with Crippen molar-refractivity contribution in [2.45, 2.75) is 25.3 Å². The van der Waals surface area contributed by atoms with Crippen LogP contribution in [0.4, 0.5) is 8.78 Å². The molecule has 1 unspecified atom stereocenters. The van der Waals surface area contributed by atoms with E-state index in [0.29, 0.717) is 24.2 Å². The van der Waals surface area contributed by atoms with Crippen LogP contribution in [-0.4, -0.2) is 38.8 Å². The van der Waals surface area contributed by atoms with Gasteiger partial charge in [-0.2, -0.15) is 5.10 Å². The van der Waals surface area contributed by atoms with E-state index in [1.165, 1.54) is 18.2 Å². The van der Waals surface area contributed by atoms with E-state index in [1.54, 1.807) is 24.1 Å². The molecule has 1 aliphatic rings. The second-order valence-electron chi connectivity index (χ2n) is 8.04. The molecule has 1 aliphatic carbocycles. The summed E-state index contributed by atoms with van der Waals surface area (Å²) in [6, 6.07) is 8.63. The number of aryl methyl sites for hydroxylation is 1. The number of pyridine rings is 2. The zero-order valence-electron chi connectivity index (χ0n) is 18.3. The summed E-state index contributed by atoms with van der Waals surface area (Å²) in [5.41, 5.74) is 4.38. The maximum Gasteiger partial charge on any atom is 0.244 e. The van der Waals surface area contributed by atoms with Crippen LogP contribution >= 0.6 is 0 Å². The van der Waals surface area contributed by atoms with Gasteiger partial charge in [0.2, 0.25) is 11.8 Å². The standard InChI is InChI=1S/C25H21F2N5O2/c1-34-24-9-7-21-25(30-24)22(10-11-28-21)32-14-16-12-18(5-6-20(16)31-32)29-23(33)8-3-15-2-4-17(26)13-19(15)27/h2-4,7-11,13-14,18H,5-6,12H2,1H3,(H,29,33). The SMILES string of the molecule is COc1ccc2nccc(-n3cc4c(n3)CCC(NC(=O)C=Cc3ccc(F)cc3F)C4)c2n1. The van der Waals surface area contributed by atoms with Crippen LogP contribution < -0.4 is 10.1 Å². The van der Waals surface area contributed by atoms with Crippen molar-refractivity contribution in [3.8, 4) is 11.6 Å². The Labute approximate surface area is 194 Å². The molecule has 1 N–H and O–H groups in total. The van der Waals surface area contributed by atoms with E-state index in [0.717, 1.165) is 41.0 Å². The lowest BCUT2D eigenvalue weighted by Crippen LogP contribution is -2.37. The molecule has 1 amide bonds. The van der Waals surface area contributed by atoms with Gasteiger partial charge in [0.05, 0.1) is 24.0 Å². The average Bonchev–Trinajstić information content (AvgIpc) is 3.26. The van der Waals surface area contributed by atoms with Crippen LogP contribution in [0.25, 0.3) is 22.8 Å². The number of methoxy groups -OCH3 is 1. The summed E-state index contributed by atoms with van der Waals surface area (Å²) in [5.74, 6) is -1.21. The quantitative estimate of drug-likeness (QED) is 0.458. The zero-order chi connectivity index (χ0) is 23.7. The first-order valence-corrected chi connectivity index (χ1v) is 10.8. The van der Waals surface area contributed by atoms with Gasteiger partial charge in [-0.3, -0.25) is 9.78 Å². The Kier molecular flexibility index (Phi) is 5.75. The van der Waals surface area contributed by atoms with E-state index < -0.39 is 11.6 Å². The monoisotopic (exact) mass is 461 g/mol. The number of halogens is 2. The van der Waals surface area contributed by atoms with Gasteiger partial charge >= 0.3 is 0 Å². The Morgan fingerprint density at radius 1 is 1.24 bits per heavy atom. The number of nitrogens with zero attached hydrogens (tertiary/aromatic N) is 4. The molecular weight excluding hydrogens is 440 g/mol. The highest BCUT2D eigenvalue weighted by atomic mass is 19.1. The van der Waals surface area contributed by atoms with E-state index in [1.807, 2.05) is 18.3 Å². The fraction of sp³-hybridized carbons (Fsp3) is 0.200. The lowest BCUT2D eigenvalue weighted by molar-refractivity contribution is -0.117. The molecule has 0 saturated carbocycles. The fourth-order valence-corrected chi connectivity index (χ4v) is 4.10. The molecule has 4 aromatic rings. The molecule has 0 spiro atoms. The van der Waals surface area contributed by atoms with Crippen LogP contribution in [0, 0.1) is 11.6 Å². The third kappa shape index (κ3) is 4.36. The minimum Gasteiger partial charge on any atom is -0.481 e. The Hall–Kier alpha value is -4.14. The van der Waals surface area contributed by atoms with Gasteiger partial charge in [0.15, 0.2) is 0 Å². The van der Waals surface area contributed by atoms with E-state index in [2.05, 4.69) is 15.3 Å². The summed E-state index contributed by atoms with van der Waals surface area (Å²) in [6.45, 7) is 0. The van der Waals surface area contributed by atoms with Crippen molar-refractivity contribution >= 4 is 23.0 Å².